The van der Waals surface area contributed by atoms with Crippen LogP contribution in [-0.2, 0) is 11.3 Å². The Kier molecular flexibility index (Phi) is 6.36. The second kappa shape index (κ2) is 8.92. The molecule has 1 fully saturated rings. The van der Waals surface area contributed by atoms with Crippen LogP contribution in [0.1, 0.15) is 31.6 Å². The van der Waals surface area contributed by atoms with Gasteiger partial charge < -0.3 is 9.64 Å². The minimum Gasteiger partial charge on any atom is -0.383 e. The van der Waals surface area contributed by atoms with Crippen LogP contribution in [0, 0.1) is 0 Å². The van der Waals surface area contributed by atoms with Crippen molar-refractivity contribution in [2.24, 2.45) is 0 Å². The van der Waals surface area contributed by atoms with Gasteiger partial charge in [0.25, 0.3) is 0 Å². The predicted molar refractivity (Wildman–Crippen MR) is 97.6 cm³/mol. The molecule has 0 aliphatic carbocycles. The molecule has 1 aromatic carbocycles. The lowest BCUT2D eigenvalue weighted by Crippen LogP contribution is -2.48. The molecule has 3 rings (SSSR count). The van der Waals surface area contributed by atoms with Crippen molar-refractivity contribution in [2.45, 2.75) is 32.4 Å². The summed E-state index contributed by atoms with van der Waals surface area (Å²) < 4.78 is 7.08. The maximum absolute atomic E-state index is 5.18. The Morgan fingerprint density at radius 1 is 1.12 bits per heavy atom. The SMILES string of the molecule is CCCC(c1nnnn1CCOC)N1CCN(c2ccccc2)CC1. The number of methoxy groups -OCH3 is 1. The number of piperazine rings is 1. The molecule has 1 atom stereocenters. The number of nitrogens with zero attached hydrogens (tertiary/aromatic N) is 6. The van der Waals surface area contributed by atoms with E-state index in [2.05, 4.69) is 62.6 Å². The van der Waals surface area contributed by atoms with Gasteiger partial charge in [-0.1, -0.05) is 31.5 Å². The summed E-state index contributed by atoms with van der Waals surface area (Å²) >= 11 is 0. The zero-order chi connectivity index (χ0) is 17.5. The van der Waals surface area contributed by atoms with E-state index < -0.39 is 0 Å². The Hall–Kier alpha value is -1.99. The van der Waals surface area contributed by atoms with Crippen molar-refractivity contribution >= 4 is 5.69 Å². The Morgan fingerprint density at radius 2 is 1.88 bits per heavy atom. The standard InChI is InChI=1S/C18H28N6O/c1-3-7-17(18-19-20-21-24(18)14-15-25-2)23-12-10-22(11-13-23)16-8-5-4-6-9-16/h4-6,8-9,17H,3,7,10-15H2,1-2H3. The van der Waals surface area contributed by atoms with Crippen LogP contribution in [-0.4, -0.2) is 65.0 Å². The summed E-state index contributed by atoms with van der Waals surface area (Å²) in [6, 6.07) is 10.9. The number of aromatic nitrogens is 4. The Labute approximate surface area is 149 Å². The number of hydrogen-bond acceptors (Lipinski definition) is 6. The van der Waals surface area contributed by atoms with Gasteiger partial charge in [-0.25, -0.2) is 4.68 Å². The highest BCUT2D eigenvalue weighted by Gasteiger charge is 2.28. The molecule has 0 radical (unpaired) electrons. The third-order valence-corrected chi connectivity index (χ3v) is 4.80. The van der Waals surface area contributed by atoms with Crippen molar-refractivity contribution in [3.8, 4) is 0 Å². The van der Waals surface area contributed by atoms with Gasteiger partial charge in [0, 0.05) is 39.0 Å². The molecule has 0 spiro atoms. The quantitative estimate of drug-likeness (QED) is 0.730. The second-order valence-electron chi connectivity index (χ2n) is 6.42. The van der Waals surface area contributed by atoms with Gasteiger partial charge in [-0.3, -0.25) is 4.90 Å². The fourth-order valence-electron chi connectivity index (χ4n) is 3.47. The van der Waals surface area contributed by atoms with E-state index in [1.165, 1.54) is 5.69 Å². The van der Waals surface area contributed by atoms with Gasteiger partial charge >= 0.3 is 0 Å². The summed E-state index contributed by atoms with van der Waals surface area (Å²) in [6.45, 7) is 7.65. The van der Waals surface area contributed by atoms with E-state index in [-0.39, 0.29) is 6.04 Å². The molecule has 0 N–H and O–H groups in total. The van der Waals surface area contributed by atoms with Crippen molar-refractivity contribution in [3.63, 3.8) is 0 Å². The lowest BCUT2D eigenvalue weighted by molar-refractivity contribution is 0.153. The number of anilines is 1. The van der Waals surface area contributed by atoms with Crippen LogP contribution in [0.3, 0.4) is 0 Å². The Balaban J connectivity index is 1.67. The molecule has 2 heterocycles. The molecule has 7 nitrogen and oxygen atoms in total. The first kappa shape index (κ1) is 17.8. The first-order valence-corrected chi connectivity index (χ1v) is 9.12. The number of ether oxygens (including phenoxy) is 1. The second-order valence-corrected chi connectivity index (χ2v) is 6.42. The number of tetrazole rings is 1. The normalized spacial score (nSPS) is 17.0. The Morgan fingerprint density at radius 3 is 2.56 bits per heavy atom. The van der Waals surface area contributed by atoms with E-state index in [0.29, 0.717) is 13.2 Å². The van der Waals surface area contributed by atoms with Crippen molar-refractivity contribution in [3.05, 3.63) is 36.2 Å². The molecular formula is C18H28N6O. The van der Waals surface area contributed by atoms with Crippen LogP contribution >= 0.6 is 0 Å². The average molecular weight is 344 g/mol. The highest BCUT2D eigenvalue weighted by molar-refractivity contribution is 5.46. The summed E-state index contributed by atoms with van der Waals surface area (Å²) in [6.07, 6.45) is 2.18. The van der Waals surface area contributed by atoms with E-state index in [0.717, 1.165) is 44.8 Å². The molecule has 1 aliphatic rings. The largest absolute Gasteiger partial charge is 0.383 e. The smallest absolute Gasteiger partial charge is 0.168 e. The van der Waals surface area contributed by atoms with E-state index in [9.17, 15) is 0 Å². The van der Waals surface area contributed by atoms with E-state index >= 15 is 0 Å². The molecule has 1 saturated heterocycles. The predicted octanol–water partition coefficient (Wildman–Crippen LogP) is 1.98. The summed E-state index contributed by atoms with van der Waals surface area (Å²) in [5, 5.41) is 12.4. The highest BCUT2D eigenvalue weighted by atomic mass is 16.5. The molecule has 2 aromatic rings. The summed E-state index contributed by atoms with van der Waals surface area (Å²) in [5.74, 6) is 0.965. The van der Waals surface area contributed by atoms with Gasteiger partial charge in [0.05, 0.1) is 19.2 Å². The zero-order valence-corrected chi connectivity index (χ0v) is 15.2. The molecule has 1 aliphatic heterocycles. The monoisotopic (exact) mass is 344 g/mol. The van der Waals surface area contributed by atoms with Crippen LogP contribution in [0.2, 0.25) is 0 Å². The van der Waals surface area contributed by atoms with E-state index in [1.54, 1.807) is 7.11 Å². The first-order chi connectivity index (χ1) is 12.3. The summed E-state index contributed by atoms with van der Waals surface area (Å²) in [4.78, 5) is 4.98. The molecule has 0 saturated carbocycles. The van der Waals surface area contributed by atoms with Crippen LogP contribution < -0.4 is 4.90 Å². The summed E-state index contributed by atoms with van der Waals surface area (Å²) in [7, 11) is 1.70. The number of para-hydroxylation sites is 1. The van der Waals surface area contributed by atoms with Crippen molar-refractivity contribution < 1.29 is 4.74 Å². The fraction of sp³-hybridized carbons (Fsp3) is 0.611. The fourth-order valence-corrected chi connectivity index (χ4v) is 3.47. The minimum atomic E-state index is 0.273. The van der Waals surface area contributed by atoms with E-state index in [4.69, 9.17) is 4.74 Å². The van der Waals surface area contributed by atoms with Crippen molar-refractivity contribution in [1.82, 2.24) is 25.1 Å². The van der Waals surface area contributed by atoms with Gasteiger partial charge in [-0.15, -0.1) is 5.10 Å². The molecule has 0 bridgehead atoms. The first-order valence-electron chi connectivity index (χ1n) is 9.12. The maximum atomic E-state index is 5.18. The zero-order valence-electron chi connectivity index (χ0n) is 15.2. The number of rotatable bonds is 8. The molecule has 1 aromatic heterocycles. The van der Waals surface area contributed by atoms with Gasteiger partial charge in [0.15, 0.2) is 5.82 Å². The lowest BCUT2D eigenvalue weighted by atomic mass is 10.1. The maximum Gasteiger partial charge on any atom is 0.168 e. The number of benzene rings is 1. The van der Waals surface area contributed by atoms with Gasteiger partial charge in [-0.2, -0.15) is 0 Å². The third kappa shape index (κ3) is 4.35. The van der Waals surface area contributed by atoms with Crippen LogP contribution in [0.5, 0.6) is 0 Å². The minimum absolute atomic E-state index is 0.273. The third-order valence-electron chi connectivity index (χ3n) is 4.80. The topological polar surface area (TPSA) is 59.3 Å². The van der Waals surface area contributed by atoms with Crippen molar-refractivity contribution in [1.29, 1.82) is 0 Å². The number of hydrogen-bond donors (Lipinski definition) is 0. The molecule has 7 heteroatoms. The molecule has 25 heavy (non-hydrogen) atoms. The van der Waals surface area contributed by atoms with Gasteiger partial charge in [-0.05, 0) is 29.0 Å². The van der Waals surface area contributed by atoms with Crippen molar-refractivity contribution in [2.75, 3.05) is 44.8 Å². The Bertz CT molecular complexity index is 624. The molecule has 136 valence electrons. The molecule has 1 unspecified atom stereocenters. The van der Waals surface area contributed by atoms with Gasteiger partial charge in [0.1, 0.15) is 0 Å². The highest BCUT2D eigenvalue weighted by Crippen LogP contribution is 2.26. The van der Waals surface area contributed by atoms with Crippen LogP contribution in [0.25, 0.3) is 0 Å². The summed E-state index contributed by atoms with van der Waals surface area (Å²) in [5.41, 5.74) is 1.30. The van der Waals surface area contributed by atoms with Crippen LogP contribution in [0.15, 0.2) is 30.3 Å². The molecular weight excluding hydrogens is 316 g/mol. The van der Waals surface area contributed by atoms with Crippen LogP contribution in [0.4, 0.5) is 5.69 Å². The van der Waals surface area contributed by atoms with E-state index in [1.807, 2.05) is 4.68 Å². The van der Waals surface area contributed by atoms with Gasteiger partial charge in [0.2, 0.25) is 0 Å². The molecule has 0 amide bonds. The average Bonchev–Trinajstić information content (AvgIpc) is 3.13. The lowest BCUT2D eigenvalue weighted by Gasteiger charge is -2.39.